The number of ether oxygens (including phenoxy) is 2. The minimum atomic E-state index is -1.91. The molecule has 5 heteroatoms. The molecule has 0 spiro atoms. The van der Waals surface area contributed by atoms with Crippen molar-refractivity contribution in [2.24, 2.45) is 0 Å². The Bertz CT molecular complexity index is 350. The van der Waals surface area contributed by atoms with E-state index in [0.29, 0.717) is 6.61 Å². The highest BCUT2D eigenvalue weighted by atomic mass is 28.4. The molecule has 112 valence electrons. The van der Waals surface area contributed by atoms with Crippen LogP contribution in [0.4, 0.5) is 0 Å². The molecule has 0 aliphatic carbocycles. The molecule has 2 fully saturated rings. The highest BCUT2D eigenvalue weighted by Crippen LogP contribution is 2.47. The van der Waals surface area contributed by atoms with Crippen molar-refractivity contribution in [2.75, 3.05) is 6.61 Å². The molecule has 2 bridgehead atoms. The van der Waals surface area contributed by atoms with E-state index in [1.807, 2.05) is 6.92 Å². The first-order valence-electron chi connectivity index (χ1n) is 7.16. The Balaban J connectivity index is 2.25. The number of aliphatic hydroxyl groups is 1. The Morgan fingerprint density at radius 1 is 1.37 bits per heavy atom. The molecule has 0 amide bonds. The van der Waals surface area contributed by atoms with Gasteiger partial charge in [0.15, 0.2) is 8.32 Å². The predicted molar refractivity (Wildman–Crippen MR) is 76.8 cm³/mol. The molecule has 0 aromatic heterocycles. The Kier molecular flexibility index (Phi) is 3.68. The van der Waals surface area contributed by atoms with E-state index in [2.05, 4.69) is 33.9 Å². The van der Waals surface area contributed by atoms with E-state index in [-0.39, 0.29) is 23.4 Å². The minimum absolute atomic E-state index is 0.0156. The molecule has 2 aliphatic heterocycles. The van der Waals surface area contributed by atoms with Crippen molar-refractivity contribution in [3.8, 4) is 0 Å². The second-order valence-electron chi connectivity index (χ2n) is 7.53. The lowest BCUT2D eigenvalue weighted by atomic mass is 9.93. The van der Waals surface area contributed by atoms with Gasteiger partial charge in [-0.3, -0.25) is 0 Å². The Morgan fingerprint density at radius 3 is 2.37 bits per heavy atom. The van der Waals surface area contributed by atoms with Crippen LogP contribution < -0.4 is 0 Å². The molecule has 2 rings (SSSR count). The molecular weight excluding hydrogens is 260 g/mol. The summed E-state index contributed by atoms with van der Waals surface area (Å²) in [5.74, 6) is 0. The van der Waals surface area contributed by atoms with E-state index in [1.165, 1.54) is 0 Å². The summed E-state index contributed by atoms with van der Waals surface area (Å²) >= 11 is 0. The van der Waals surface area contributed by atoms with Gasteiger partial charge >= 0.3 is 0 Å². The molecule has 2 heterocycles. The molecule has 4 nitrogen and oxygen atoms in total. The van der Waals surface area contributed by atoms with Crippen molar-refractivity contribution in [2.45, 2.75) is 82.8 Å². The van der Waals surface area contributed by atoms with Crippen molar-refractivity contribution >= 4 is 8.32 Å². The van der Waals surface area contributed by atoms with Crippen molar-refractivity contribution in [1.29, 1.82) is 0 Å². The van der Waals surface area contributed by atoms with E-state index in [9.17, 15) is 5.11 Å². The molecule has 1 N–H and O–H groups in total. The van der Waals surface area contributed by atoms with Gasteiger partial charge in [0.1, 0.15) is 17.8 Å². The van der Waals surface area contributed by atoms with Crippen LogP contribution in [-0.2, 0) is 13.9 Å². The fourth-order valence-electron chi connectivity index (χ4n) is 2.69. The second kappa shape index (κ2) is 4.53. The van der Waals surface area contributed by atoms with Crippen LogP contribution in [0.2, 0.25) is 18.1 Å². The maximum atomic E-state index is 10.1. The van der Waals surface area contributed by atoms with Gasteiger partial charge in [-0.1, -0.05) is 20.8 Å². The first-order valence-corrected chi connectivity index (χ1v) is 10.1. The van der Waals surface area contributed by atoms with Crippen LogP contribution in [0.25, 0.3) is 0 Å². The van der Waals surface area contributed by atoms with Gasteiger partial charge in [0.2, 0.25) is 0 Å². The Morgan fingerprint density at radius 2 is 1.95 bits per heavy atom. The van der Waals surface area contributed by atoms with Crippen LogP contribution in [0.1, 0.15) is 34.6 Å². The van der Waals surface area contributed by atoms with Gasteiger partial charge in [-0.15, -0.1) is 0 Å². The standard InChI is InChI=1S/C14H28O4Si/c1-9-11-12(18-19(6,7)13(3,4)5)14(17-9,8-16-11)10(2)15/h9-12,15H,8H2,1-7H3/t9-,10-,11-,12-,14+/m0/s1. The summed E-state index contributed by atoms with van der Waals surface area (Å²) in [7, 11) is -1.91. The third-order valence-electron chi connectivity index (χ3n) is 5.08. The molecule has 19 heavy (non-hydrogen) atoms. The van der Waals surface area contributed by atoms with E-state index in [0.717, 1.165) is 0 Å². The van der Waals surface area contributed by atoms with Crippen LogP contribution in [-0.4, -0.2) is 50.0 Å². The summed E-state index contributed by atoms with van der Waals surface area (Å²) in [6, 6.07) is 0. The number of rotatable bonds is 3. The summed E-state index contributed by atoms with van der Waals surface area (Å²) in [5.41, 5.74) is -0.681. The van der Waals surface area contributed by atoms with Crippen LogP contribution in [0.3, 0.4) is 0 Å². The van der Waals surface area contributed by atoms with Crippen molar-refractivity contribution in [3.63, 3.8) is 0 Å². The van der Waals surface area contributed by atoms with Gasteiger partial charge < -0.3 is 19.0 Å². The minimum Gasteiger partial charge on any atom is -0.408 e. The van der Waals surface area contributed by atoms with Crippen molar-refractivity contribution < 1.29 is 19.0 Å². The first kappa shape index (κ1) is 15.4. The maximum Gasteiger partial charge on any atom is 0.192 e. The summed E-state index contributed by atoms with van der Waals surface area (Å²) < 4.78 is 18.3. The zero-order chi connectivity index (χ0) is 14.6. The molecule has 5 atom stereocenters. The lowest BCUT2D eigenvalue weighted by molar-refractivity contribution is -0.178. The smallest absolute Gasteiger partial charge is 0.192 e. The topological polar surface area (TPSA) is 47.9 Å². The predicted octanol–water partition coefficient (Wildman–Crippen LogP) is 2.31. The van der Waals surface area contributed by atoms with E-state index >= 15 is 0 Å². The highest BCUT2D eigenvalue weighted by molar-refractivity contribution is 6.74. The normalized spacial score (nSPS) is 40.7. The molecule has 0 saturated carbocycles. The largest absolute Gasteiger partial charge is 0.408 e. The lowest BCUT2D eigenvalue weighted by Crippen LogP contribution is -2.55. The summed E-state index contributed by atoms with van der Waals surface area (Å²) in [6.45, 7) is 15.3. The van der Waals surface area contributed by atoms with Crippen LogP contribution >= 0.6 is 0 Å². The van der Waals surface area contributed by atoms with Gasteiger partial charge in [0.25, 0.3) is 0 Å². The first-order chi connectivity index (χ1) is 8.51. The molecule has 2 saturated heterocycles. The molecule has 0 aromatic carbocycles. The van der Waals surface area contributed by atoms with E-state index in [4.69, 9.17) is 13.9 Å². The van der Waals surface area contributed by atoms with Crippen molar-refractivity contribution in [1.82, 2.24) is 0 Å². The Labute approximate surface area is 117 Å². The maximum absolute atomic E-state index is 10.1. The van der Waals surface area contributed by atoms with Gasteiger partial charge in [-0.05, 0) is 32.0 Å². The molecule has 0 unspecified atom stereocenters. The molecule has 0 radical (unpaired) electrons. The zero-order valence-electron chi connectivity index (χ0n) is 13.2. The summed E-state index contributed by atoms with van der Waals surface area (Å²) in [5, 5.41) is 10.3. The molecule has 0 aromatic rings. The van der Waals surface area contributed by atoms with Crippen LogP contribution in [0.5, 0.6) is 0 Å². The molecule has 2 aliphatic rings. The zero-order valence-corrected chi connectivity index (χ0v) is 14.2. The van der Waals surface area contributed by atoms with Gasteiger partial charge in [0.05, 0.1) is 18.8 Å². The second-order valence-corrected chi connectivity index (χ2v) is 12.3. The molecular formula is C14H28O4Si. The Hall–Kier alpha value is 0.0569. The average Bonchev–Trinajstić information content (AvgIpc) is 2.68. The van der Waals surface area contributed by atoms with Crippen molar-refractivity contribution in [3.05, 3.63) is 0 Å². The van der Waals surface area contributed by atoms with Gasteiger partial charge in [-0.25, -0.2) is 0 Å². The number of hydrogen-bond acceptors (Lipinski definition) is 4. The van der Waals surface area contributed by atoms with Gasteiger partial charge in [0, 0.05) is 0 Å². The number of fused-ring (bicyclic) bond motifs is 2. The van der Waals surface area contributed by atoms with E-state index in [1.54, 1.807) is 6.92 Å². The summed E-state index contributed by atoms with van der Waals surface area (Å²) in [4.78, 5) is 0. The third kappa shape index (κ3) is 2.29. The number of aliphatic hydroxyl groups excluding tert-OH is 1. The fourth-order valence-corrected chi connectivity index (χ4v) is 4.01. The SMILES string of the molecule is C[C@@H]1O[C@@]2([C@H](C)O)CO[C@@H]1[C@@H]2O[Si](C)(C)C(C)(C)C. The van der Waals surface area contributed by atoms with Crippen LogP contribution in [0, 0.1) is 0 Å². The van der Waals surface area contributed by atoms with Gasteiger partial charge in [-0.2, -0.15) is 0 Å². The monoisotopic (exact) mass is 288 g/mol. The number of hydrogen-bond donors (Lipinski definition) is 1. The third-order valence-corrected chi connectivity index (χ3v) is 9.54. The quantitative estimate of drug-likeness (QED) is 0.810. The highest BCUT2D eigenvalue weighted by Gasteiger charge is 2.64. The summed E-state index contributed by atoms with van der Waals surface area (Å²) in [6.07, 6.45) is -0.803. The average molecular weight is 288 g/mol. The lowest BCUT2D eigenvalue weighted by Gasteiger charge is -2.41. The van der Waals surface area contributed by atoms with E-state index < -0.39 is 20.0 Å². The van der Waals surface area contributed by atoms with Crippen LogP contribution in [0.15, 0.2) is 0 Å². The fraction of sp³-hybridized carbons (Fsp3) is 1.00.